The quantitative estimate of drug-likeness (QED) is 0.345. The number of nitrogens with two attached hydrogens (primary N) is 2. The van der Waals surface area contributed by atoms with Crippen molar-refractivity contribution in [2.75, 3.05) is 11.5 Å². The highest BCUT2D eigenvalue weighted by molar-refractivity contribution is 7.21. The van der Waals surface area contributed by atoms with Crippen LogP contribution in [0.3, 0.4) is 0 Å². The van der Waals surface area contributed by atoms with E-state index in [1.807, 2.05) is 0 Å². The Morgan fingerprint density at radius 1 is 1.03 bits per heavy atom. The molecule has 0 unspecified atom stereocenters. The molecule has 0 radical (unpaired) electrons. The summed E-state index contributed by atoms with van der Waals surface area (Å²) in [5.74, 6) is -0.315. The monoisotopic (exact) mass is 472 g/mol. The van der Waals surface area contributed by atoms with Crippen LogP contribution in [0.15, 0.2) is 42.5 Å². The van der Waals surface area contributed by atoms with Crippen molar-refractivity contribution >= 4 is 73.6 Å². The van der Waals surface area contributed by atoms with Crippen molar-refractivity contribution < 1.29 is 4.79 Å². The summed E-state index contributed by atoms with van der Waals surface area (Å²) in [7, 11) is 0. The Kier molecular flexibility index (Phi) is 5.31. The summed E-state index contributed by atoms with van der Waals surface area (Å²) in [4.78, 5) is 18.1. The maximum atomic E-state index is 13.1. The summed E-state index contributed by atoms with van der Waals surface area (Å²) in [5, 5.41) is 11.2. The number of carbonyl (C=O) groups excluding carboxylic acids is 1. The molecular formula is C21H11Cl3N4OS. The molecule has 148 valence electrons. The molecule has 0 saturated carbocycles. The predicted molar refractivity (Wildman–Crippen MR) is 124 cm³/mol. The molecule has 0 atom stereocenters. The molecule has 9 heteroatoms. The highest BCUT2D eigenvalue weighted by Crippen LogP contribution is 2.47. The topological polar surface area (TPSA) is 106 Å². The van der Waals surface area contributed by atoms with E-state index >= 15 is 0 Å². The number of anilines is 2. The summed E-state index contributed by atoms with van der Waals surface area (Å²) >= 11 is 19.9. The number of nitriles is 1. The number of halogens is 3. The van der Waals surface area contributed by atoms with Crippen LogP contribution in [0.4, 0.5) is 11.5 Å². The number of hydrogen-bond donors (Lipinski definition) is 2. The number of aromatic nitrogens is 1. The Balaban J connectivity index is 2.08. The van der Waals surface area contributed by atoms with Crippen molar-refractivity contribution in [1.29, 1.82) is 5.26 Å². The van der Waals surface area contributed by atoms with E-state index in [4.69, 9.17) is 46.3 Å². The third-order valence-electron chi connectivity index (χ3n) is 4.52. The zero-order valence-corrected chi connectivity index (χ0v) is 18.1. The van der Waals surface area contributed by atoms with Crippen molar-refractivity contribution in [3.8, 4) is 17.2 Å². The number of nitrogen functional groups attached to an aromatic ring is 2. The molecule has 0 aliphatic carbocycles. The fourth-order valence-electron chi connectivity index (χ4n) is 3.20. The second-order valence-corrected chi connectivity index (χ2v) is 8.57. The minimum absolute atomic E-state index is 0.000934. The van der Waals surface area contributed by atoms with E-state index in [1.54, 1.807) is 42.5 Å². The molecule has 30 heavy (non-hydrogen) atoms. The molecule has 2 aromatic heterocycles. The van der Waals surface area contributed by atoms with Gasteiger partial charge in [-0.3, -0.25) is 4.79 Å². The third kappa shape index (κ3) is 3.26. The van der Waals surface area contributed by atoms with E-state index in [9.17, 15) is 10.1 Å². The minimum Gasteiger partial charge on any atom is -0.397 e. The van der Waals surface area contributed by atoms with Crippen LogP contribution in [0.5, 0.6) is 0 Å². The molecule has 2 aromatic carbocycles. The van der Waals surface area contributed by atoms with Gasteiger partial charge in [-0.25, -0.2) is 4.98 Å². The van der Waals surface area contributed by atoms with Gasteiger partial charge in [0, 0.05) is 37.1 Å². The molecule has 0 fully saturated rings. The largest absolute Gasteiger partial charge is 0.397 e. The molecule has 5 nitrogen and oxygen atoms in total. The Morgan fingerprint density at radius 3 is 2.33 bits per heavy atom. The van der Waals surface area contributed by atoms with E-state index in [1.165, 1.54) is 0 Å². The molecular weight excluding hydrogens is 463 g/mol. The van der Waals surface area contributed by atoms with Crippen LogP contribution < -0.4 is 11.5 Å². The van der Waals surface area contributed by atoms with E-state index < -0.39 is 0 Å². The molecule has 0 aliphatic heterocycles. The second kappa shape index (κ2) is 7.78. The Morgan fingerprint density at radius 2 is 1.70 bits per heavy atom. The van der Waals surface area contributed by atoms with Crippen molar-refractivity contribution in [3.05, 3.63) is 73.5 Å². The molecule has 0 saturated heterocycles. The molecule has 4 rings (SSSR count). The van der Waals surface area contributed by atoms with E-state index in [2.05, 4.69) is 11.1 Å². The van der Waals surface area contributed by atoms with E-state index in [0.717, 1.165) is 11.3 Å². The fourth-order valence-corrected chi connectivity index (χ4v) is 5.05. The van der Waals surface area contributed by atoms with Crippen molar-refractivity contribution in [2.24, 2.45) is 0 Å². The maximum Gasteiger partial charge on any atom is 0.205 e. The van der Waals surface area contributed by atoms with Crippen molar-refractivity contribution in [1.82, 2.24) is 4.98 Å². The van der Waals surface area contributed by atoms with E-state index in [-0.39, 0.29) is 27.7 Å². The minimum atomic E-state index is -0.314. The van der Waals surface area contributed by atoms with Crippen LogP contribution in [-0.4, -0.2) is 10.8 Å². The first-order valence-corrected chi connectivity index (χ1v) is 10.4. The van der Waals surface area contributed by atoms with Gasteiger partial charge in [0.05, 0.1) is 5.69 Å². The number of thiophene rings is 1. The van der Waals surface area contributed by atoms with Gasteiger partial charge < -0.3 is 11.5 Å². The number of pyridine rings is 1. The molecule has 2 heterocycles. The fraction of sp³-hybridized carbons (Fsp3) is 0. The highest BCUT2D eigenvalue weighted by Gasteiger charge is 2.26. The van der Waals surface area contributed by atoms with Gasteiger partial charge in [0.25, 0.3) is 0 Å². The predicted octanol–water partition coefficient (Wildman–Crippen LogP) is 6.19. The first-order valence-electron chi connectivity index (χ1n) is 8.49. The summed E-state index contributed by atoms with van der Waals surface area (Å²) in [6.07, 6.45) is 0. The maximum absolute atomic E-state index is 13.1. The molecule has 0 bridgehead atoms. The van der Waals surface area contributed by atoms with Gasteiger partial charge in [-0.2, -0.15) is 5.26 Å². The Labute approximate surface area is 190 Å². The number of hydrogen-bond acceptors (Lipinski definition) is 6. The van der Waals surface area contributed by atoms with Gasteiger partial charge in [-0.05, 0) is 24.3 Å². The van der Waals surface area contributed by atoms with Crippen LogP contribution in [-0.2, 0) is 0 Å². The van der Waals surface area contributed by atoms with Crippen LogP contribution in [0, 0.1) is 11.3 Å². The van der Waals surface area contributed by atoms with Gasteiger partial charge in [0.2, 0.25) is 5.78 Å². The Hall–Kier alpha value is -2.82. The molecule has 4 N–H and O–H groups in total. The zero-order chi connectivity index (χ0) is 21.6. The van der Waals surface area contributed by atoms with Crippen molar-refractivity contribution in [3.63, 3.8) is 0 Å². The smallest absolute Gasteiger partial charge is 0.205 e. The molecule has 0 amide bonds. The van der Waals surface area contributed by atoms with Gasteiger partial charge in [-0.15, -0.1) is 11.3 Å². The lowest BCUT2D eigenvalue weighted by Crippen LogP contribution is -2.03. The molecule has 4 aromatic rings. The summed E-state index contributed by atoms with van der Waals surface area (Å²) in [5.41, 5.74) is 13.9. The summed E-state index contributed by atoms with van der Waals surface area (Å²) < 4.78 is 0. The number of rotatable bonds is 3. The average molecular weight is 474 g/mol. The van der Waals surface area contributed by atoms with Crippen LogP contribution in [0.2, 0.25) is 15.1 Å². The summed E-state index contributed by atoms with van der Waals surface area (Å²) in [6, 6.07) is 13.6. The Bertz CT molecular complexity index is 1370. The number of benzene rings is 2. The van der Waals surface area contributed by atoms with Gasteiger partial charge in [-0.1, -0.05) is 53.0 Å². The van der Waals surface area contributed by atoms with Gasteiger partial charge >= 0.3 is 0 Å². The number of carbonyl (C=O) groups is 1. The zero-order valence-electron chi connectivity index (χ0n) is 15.0. The van der Waals surface area contributed by atoms with E-state index in [0.29, 0.717) is 42.0 Å². The van der Waals surface area contributed by atoms with Crippen molar-refractivity contribution in [2.45, 2.75) is 0 Å². The lowest BCUT2D eigenvalue weighted by Gasteiger charge is -2.12. The normalized spacial score (nSPS) is 10.9. The SMILES string of the molecule is N#Cc1c(N)nc2sc(C(=O)c3cccc(Cl)c3)c(N)c2c1-c1c(Cl)cccc1Cl. The third-order valence-corrected chi connectivity index (χ3v) is 6.49. The van der Waals surface area contributed by atoms with Crippen LogP contribution in [0.25, 0.3) is 21.3 Å². The van der Waals surface area contributed by atoms with Gasteiger partial charge in [0.15, 0.2) is 0 Å². The standard InChI is InChI=1S/C21H11Cl3N4OS/c22-10-4-1-3-9(7-10)18(29)19-17(26)16-14(15-12(23)5-2-6-13(15)24)11(8-25)20(27)28-21(16)30-19/h1-7H,26H2,(H2,27,28). The number of ketones is 1. The highest BCUT2D eigenvalue weighted by atomic mass is 35.5. The summed E-state index contributed by atoms with van der Waals surface area (Å²) in [6.45, 7) is 0. The van der Waals surface area contributed by atoms with Crippen LogP contribution >= 0.6 is 46.1 Å². The number of fused-ring (bicyclic) bond motifs is 1. The lowest BCUT2D eigenvalue weighted by atomic mass is 9.96. The lowest BCUT2D eigenvalue weighted by molar-refractivity contribution is 0.104. The molecule has 0 aliphatic rings. The second-order valence-electron chi connectivity index (χ2n) is 6.32. The average Bonchev–Trinajstić information content (AvgIpc) is 3.03. The first kappa shape index (κ1) is 20.5. The van der Waals surface area contributed by atoms with Gasteiger partial charge in [0.1, 0.15) is 27.2 Å². The first-order chi connectivity index (χ1) is 14.3. The number of nitrogens with zero attached hydrogens (tertiary/aromatic N) is 2. The van der Waals surface area contributed by atoms with Crippen LogP contribution in [0.1, 0.15) is 20.8 Å². The molecule has 0 spiro atoms.